The molecular formula is C13H29N3O. The topological polar surface area (TPSA) is 38.7 Å². The van der Waals surface area contributed by atoms with Crippen molar-refractivity contribution in [1.82, 2.24) is 15.1 Å². The van der Waals surface area contributed by atoms with E-state index in [-0.39, 0.29) is 0 Å². The van der Waals surface area contributed by atoms with Crippen LogP contribution in [0, 0.1) is 0 Å². The van der Waals surface area contributed by atoms with Crippen LogP contribution in [0.15, 0.2) is 0 Å². The Hall–Kier alpha value is -0.160. The smallest absolute Gasteiger partial charge is 0.0558 e. The van der Waals surface area contributed by atoms with Gasteiger partial charge in [0.1, 0.15) is 0 Å². The van der Waals surface area contributed by atoms with Gasteiger partial charge in [0.05, 0.1) is 6.61 Å². The van der Waals surface area contributed by atoms with Crippen molar-refractivity contribution in [1.29, 1.82) is 0 Å². The average Bonchev–Trinajstić information content (AvgIpc) is 2.43. The van der Waals surface area contributed by atoms with Gasteiger partial charge in [-0.15, -0.1) is 0 Å². The molecule has 0 spiro atoms. The number of aliphatic hydroxyl groups is 1. The fraction of sp³-hybridized carbons (Fsp3) is 1.00. The predicted molar refractivity (Wildman–Crippen MR) is 72.3 cm³/mol. The molecule has 0 unspecified atom stereocenters. The molecule has 0 aromatic carbocycles. The van der Waals surface area contributed by atoms with Crippen LogP contribution in [-0.2, 0) is 0 Å². The van der Waals surface area contributed by atoms with Gasteiger partial charge in [-0.3, -0.25) is 4.90 Å². The van der Waals surface area contributed by atoms with Gasteiger partial charge in [-0.2, -0.15) is 0 Å². The van der Waals surface area contributed by atoms with Crippen molar-refractivity contribution < 1.29 is 5.11 Å². The number of aliphatic hydroxyl groups excluding tert-OH is 1. The molecule has 0 radical (unpaired) electrons. The first-order valence-corrected chi connectivity index (χ1v) is 7.18. The molecule has 0 saturated carbocycles. The minimum absolute atomic E-state index is 0.304. The lowest BCUT2D eigenvalue weighted by molar-refractivity contribution is 0.0881. The minimum atomic E-state index is 0.304. The molecule has 2 saturated heterocycles. The molecule has 17 heavy (non-hydrogen) atoms. The van der Waals surface area contributed by atoms with Gasteiger partial charge in [0.2, 0.25) is 0 Å². The molecule has 2 heterocycles. The summed E-state index contributed by atoms with van der Waals surface area (Å²) < 4.78 is 0. The molecule has 0 aromatic heterocycles. The van der Waals surface area contributed by atoms with Crippen molar-refractivity contribution in [3.8, 4) is 0 Å². The van der Waals surface area contributed by atoms with E-state index in [4.69, 9.17) is 5.11 Å². The lowest BCUT2D eigenvalue weighted by Crippen LogP contribution is -2.52. The molecule has 0 amide bonds. The molecule has 2 fully saturated rings. The van der Waals surface area contributed by atoms with Crippen LogP contribution in [0.25, 0.3) is 0 Å². The molecular weight excluding hydrogens is 214 g/mol. The molecule has 2 N–H and O–H groups in total. The van der Waals surface area contributed by atoms with Crippen LogP contribution in [0.1, 0.15) is 26.7 Å². The molecule has 2 aliphatic heterocycles. The Morgan fingerprint density at radius 1 is 1.06 bits per heavy atom. The zero-order chi connectivity index (χ0) is 12.5. The normalized spacial score (nSPS) is 24.2. The predicted octanol–water partition coefficient (Wildman–Crippen LogP) is 0.375. The number of hydrogen-bond acceptors (Lipinski definition) is 4. The Kier molecular flexibility index (Phi) is 7.77. The summed E-state index contributed by atoms with van der Waals surface area (Å²) in [4.78, 5) is 5.01. The molecule has 0 aliphatic carbocycles. The molecule has 0 aromatic rings. The second-order valence-corrected chi connectivity index (χ2v) is 4.58. The van der Waals surface area contributed by atoms with E-state index in [1.165, 1.54) is 25.9 Å². The van der Waals surface area contributed by atoms with E-state index in [0.29, 0.717) is 6.61 Å². The summed E-state index contributed by atoms with van der Waals surface area (Å²) in [6.07, 6.45) is 2.56. The summed E-state index contributed by atoms with van der Waals surface area (Å²) >= 11 is 0. The number of hydrogen-bond donors (Lipinski definition) is 2. The Bertz CT molecular complexity index is 176. The van der Waals surface area contributed by atoms with E-state index >= 15 is 0 Å². The van der Waals surface area contributed by atoms with Crippen LogP contribution in [0.2, 0.25) is 0 Å². The molecule has 4 heteroatoms. The first-order valence-electron chi connectivity index (χ1n) is 7.18. The molecule has 0 atom stereocenters. The number of nitrogens with one attached hydrogen (secondary N) is 1. The van der Waals surface area contributed by atoms with E-state index < -0.39 is 0 Å². The Labute approximate surface area is 106 Å². The van der Waals surface area contributed by atoms with Gasteiger partial charge in [-0.25, -0.2) is 0 Å². The van der Waals surface area contributed by atoms with E-state index in [9.17, 15) is 0 Å². The van der Waals surface area contributed by atoms with E-state index in [0.717, 1.165) is 38.8 Å². The fourth-order valence-electron chi connectivity index (χ4n) is 2.70. The lowest BCUT2D eigenvalue weighted by atomic mass is 10.0. The Balaban J connectivity index is 0.000000686. The van der Waals surface area contributed by atoms with Crippen LogP contribution in [0.4, 0.5) is 0 Å². The monoisotopic (exact) mass is 243 g/mol. The van der Waals surface area contributed by atoms with E-state index in [1.54, 1.807) is 0 Å². The van der Waals surface area contributed by atoms with Crippen LogP contribution in [-0.4, -0.2) is 73.4 Å². The summed E-state index contributed by atoms with van der Waals surface area (Å²) in [7, 11) is 0. The summed E-state index contributed by atoms with van der Waals surface area (Å²) in [5.41, 5.74) is 0. The average molecular weight is 243 g/mol. The third kappa shape index (κ3) is 4.92. The Morgan fingerprint density at radius 3 is 2.18 bits per heavy atom. The number of piperidine rings is 1. The van der Waals surface area contributed by atoms with Crippen LogP contribution >= 0.6 is 0 Å². The van der Waals surface area contributed by atoms with Crippen LogP contribution in [0.5, 0.6) is 0 Å². The zero-order valence-corrected chi connectivity index (χ0v) is 11.5. The van der Waals surface area contributed by atoms with Crippen molar-refractivity contribution in [2.75, 3.05) is 52.4 Å². The highest BCUT2D eigenvalue weighted by Gasteiger charge is 2.24. The summed E-state index contributed by atoms with van der Waals surface area (Å²) in [5.74, 6) is 0. The van der Waals surface area contributed by atoms with Gasteiger partial charge >= 0.3 is 0 Å². The zero-order valence-electron chi connectivity index (χ0n) is 11.5. The standard InChI is InChI=1S/C11H23N3O.C2H6/c15-10-9-13-5-1-11(2-6-13)14-7-3-12-4-8-14;1-2/h11-12,15H,1-10H2;1-2H3. The second-order valence-electron chi connectivity index (χ2n) is 4.58. The maximum absolute atomic E-state index is 8.87. The van der Waals surface area contributed by atoms with Gasteiger partial charge in [-0.05, 0) is 25.9 Å². The van der Waals surface area contributed by atoms with Crippen molar-refractivity contribution in [3.63, 3.8) is 0 Å². The highest BCUT2D eigenvalue weighted by Crippen LogP contribution is 2.16. The van der Waals surface area contributed by atoms with Crippen molar-refractivity contribution >= 4 is 0 Å². The molecule has 0 bridgehead atoms. The fourth-order valence-corrected chi connectivity index (χ4v) is 2.70. The second kappa shape index (κ2) is 8.86. The van der Waals surface area contributed by atoms with Crippen molar-refractivity contribution in [2.45, 2.75) is 32.7 Å². The van der Waals surface area contributed by atoms with Gasteiger partial charge in [0, 0.05) is 38.8 Å². The third-order valence-electron chi connectivity index (χ3n) is 3.64. The molecule has 2 aliphatic rings. The van der Waals surface area contributed by atoms with E-state index in [2.05, 4.69) is 15.1 Å². The molecule has 4 nitrogen and oxygen atoms in total. The number of β-amino-alcohol motifs (C(OH)–C–C–N with tert-alkyl or cyclic N) is 1. The highest BCUT2D eigenvalue weighted by molar-refractivity contribution is 4.82. The van der Waals surface area contributed by atoms with Gasteiger partial charge in [0.15, 0.2) is 0 Å². The quantitative estimate of drug-likeness (QED) is 0.751. The van der Waals surface area contributed by atoms with Gasteiger partial charge in [0.25, 0.3) is 0 Å². The van der Waals surface area contributed by atoms with Gasteiger partial charge < -0.3 is 15.3 Å². The summed E-state index contributed by atoms with van der Waals surface area (Å²) in [5, 5.41) is 12.3. The first kappa shape index (κ1) is 14.9. The largest absolute Gasteiger partial charge is 0.395 e. The summed E-state index contributed by atoms with van der Waals surface area (Å²) in [6, 6.07) is 0.794. The first-order chi connectivity index (χ1) is 8.40. The minimum Gasteiger partial charge on any atom is -0.395 e. The lowest BCUT2D eigenvalue weighted by Gasteiger charge is -2.40. The summed E-state index contributed by atoms with van der Waals surface area (Å²) in [6.45, 7) is 12.2. The number of nitrogens with zero attached hydrogens (tertiary/aromatic N) is 2. The van der Waals surface area contributed by atoms with Crippen molar-refractivity contribution in [3.05, 3.63) is 0 Å². The SMILES string of the molecule is CC.OCCN1CCC(N2CCNCC2)CC1. The Morgan fingerprint density at radius 2 is 1.65 bits per heavy atom. The number of likely N-dealkylation sites (tertiary alicyclic amines) is 1. The van der Waals surface area contributed by atoms with Crippen LogP contribution in [0.3, 0.4) is 0 Å². The molecule has 102 valence electrons. The van der Waals surface area contributed by atoms with E-state index in [1.807, 2.05) is 13.8 Å². The maximum atomic E-state index is 8.87. The number of piperazine rings is 1. The third-order valence-corrected chi connectivity index (χ3v) is 3.64. The number of rotatable bonds is 3. The van der Waals surface area contributed by atoms with Crippen molar-refractivity contribution in [2.24, 2.45) is 0 Å². The highest BCUT2D eigenvalue weighted by atomic mass is 16.3. The molecule has 2 rings (SSSR count). The van der Waals surface area contributed by atoms with Crippen LogP contribution < -0.4 is 5.32 Å². The van der Waals surface area contributed by atoms with Gasteiger partial charge in [-0.1, -0.05) is 13.8 Å². The maximum Gasteiger partial charge on any atom is 0.0558 e.